The molecule has 1 saturated heterocycles. The lowest BCUT2D eigenvalue weighted by molar-refractivity contribution is -0.135. The molecule has 116 valence electrons. The van der Waals surface area contributed by atoms with E-state index in [0.29, 0.717) is 5.91 Å². The van der Waals surface area contributed by atoms with E-state index in [1.54, 1.807) is 0 Å². The molecule has 1 unspecified atom stereocenters. The molecule has 1 amide bonds. The Morgan fingerprint density at radius 3 is 2.57 bits per heavy atom. The summed E-state index contributed by atoms with van der Waals surface area (Å²) >= 11 is 0. The fourth-order valence-electron chi connectivity index (χ4n) is 3.41. The second kappa shape index (κ2) is 7.28. The van der Waals surface area contributed by atoms with Gasteiger partial charge in [0, 0.05) is 19.6 Å². The van der Waals surface area contributed by atoms with Gasteiger partial charge in [-0.15, -0.1) is 12.4 Å². The summed E-state index contributed by atoms with van der Waals surface area (Å²) in [4.78, 5) is 14.7. The molecule has 0 radical (unpaired) electrons. The smallest absolute Gasteiger partial charge is 0.240 e. The number of nitrogens with zero attached hydrogens (tertiary/aromatic N) is 1. The van der Waals surface area contributed by atoms with Crippen LogP contribution in [-0.2, 0) is 17.8 Å². The number of carbonyl (C=O) groups excluding carboxylic acids is 1. The van der Waals surface area contributed by atoms with Crippen LogP contribution in [0.25, 0.3) is 0 Å². The van der Waals surface area contributed by atoms with E-state index < -0.39 is 0 Å². The Labute approximate surface area is 133 Å². The minimum absolute atomic E-state index is 0. The number of hydrogen-bond donors (Lipinski definition) is 1. The average molecular weight is 309 g/mol. The Balaban J connectivity index is 0.00000161. The summed E-state index contributed by atoms with van der Waals surface area (Å²) in [6.07, 6.45) is 4.43. The van der Waals surface area contributed by atoms with E-state index in [2.05, 4.69) is 41.4 Å². The second-order valence-corrected chi connectivity index (χ2v) is 6.08. The van der Waals surface area contributed by atoms with Gasteiger partial charge in [-0.25, -0.2) is 0 Å². The number of carbonyl (C=O) groups is 1. The summed E-state index contributed by atoms with van der Waals surface area (Å²) < 4.78 is 0. The summed E-state index contributed by atoms with van der Waals surface area (Å²) in [6, 6.07) is 8.41. The maximum absolute atomic E-state index is 12.6. The first kappa shape index (κ1) is 16.3. The monoisotopic (exact) mass is 308 g/mol. The highest BCUT2D eigenvalue weighted by molar-refractivity contribution is 5.85. The molecule has 1 atom stereocenters. The predicted octanol–water partition coefficient (Wildman–Crippen LogP) is 2.77. The normalized spacial score (nSPS) is 22.3. The highest BCUT2D eigenvalue weighted by Crippen LogP contribution is 2.22. The largest absolute Gasteiger partial charge is 0.341 e. The molecule has 2 aliphatic heterocycles. The third-order valence-electron chi connectivity index (χ3n) is 4.88. The van der Waals surface area contributed by atoms with Gasteiger partial charge in [0.1, 0.15) is 0 Å². The molecular formula is C17H25ClN2O. The van der Waals surface area contributed by atoms with E-state index in [1.807, 2.05) is 0 Å². The third kappa shape index (κ3) is 3.58. The number of fused-ring (bicyclic) bond motifs is 1. The lowest BCUT2D eigenvalue weighted by atomic mass is 9.92. The van der Waals surface area contributed by atoms with Crippen molar-refractivity contribution in [2.24, 2.45) is 5.92 Å². The number of benzene rings is 1. The Morgan fingerprint density at radius 1 is 1.24 bits per heavy atom. The Bertz CT molecular complexity index is 483. The Morgan fingerprint density at radius 2 is 1.90 bits per heavy atom. The van der Waals surface area contributed by atoms with Gasteiger partial charge in [0.05, 0.1) is 6.04 Å². The number of rotatable bonds is 2. The lowest BCUT2D eigenvalue weighted by Gasteiger charge is -2.35. The van der Waals surface area contributed by atoms with Crippen molar-refractivity contribution < 1.29 is 4.79 Å². The van der Waals surface area contributed by atoms with Gasteiger partial charge in [0.25, 0.3) is 0 Å². The molecule has 1 fully saturated rings. The Hall–Kier alpha value is -1.06. The first-order valence-corrected chi connectivity index (χ1v) is 7.87. The first-order chi connectivity index (χ1) is 9.78. The van der Waals surface area contributed by atoms with Crippen LogP contribution in [0, 0.1) is 5.92 Å². The minimum Gasteiger partial charge on any atom is -0.341 e. The topological polar surface area (TPSA) is 32.3 Å². The van der Waals surface area contributed by atoms with E-state index in [4.69, 9.17) is 0 Å². The zero-order valence-corrected chi connectivity index (χ0v) is 13.5. The third-order valence-corrected chi connectivity index (χ3v) is 4.88. The molecule has 1 aromatic carbocycles. The summed E-state index contributed by atoms with van der Waals surface area (Å²) in [5, 5.41) is 3.41. The van der Waals surface area contributed by atoms with Crippen molar-refractivity contribution in [1.82, 2.24) is 10.2 Å². The van der Waals surface area contributed by atoms with Crippen LogP contribution in [0.2, 0.25) is 0 Å². The highest BCUT2D eigenvalue weighted by atomic mass is 35.5. The number of likely N-dealkylation sites (tertiary alicyclic amines) is 1. The van der Waals surface area contributed by atoms with Crippen LogP contribution >= 0.6 is 12.4 Å². The summed E-state index contributed by atoms with van der Waals surface area (Å²) in [7, 11) is 0. The molecule has 4 heteroatoms. The molecular weight excluding hydrogens is 284 g/mol. The van der Waals surface area contributed by atoms with E-state index in [0.717, 1.165) is 32.0 Å². The van der Waals surface area contributed by atoms with Gasteiger partial charge in [-0.2, -0.15) is 0 Å². The molecule has 1 N–H and O–H groups in total. The fourth-order valence-corrected chi connectivity index (χ4v) is 3.41. The number of halogens is 1. The van der Waals surface area contributed by atoms with Crippen LogP contribution in [0.1, 0.15) is 37.3 Å². The quantitative estimate of drug-likeness (QED) is 0.911. The van der Waals surface area contributed by atoms with E-state index in [-0.39, 0.29) is 18.4 Å². The van der Waals surface area contributed by atoms with Crippen LogP contribution < -0.4 is 5.32 Å². The minimum atomic E-state index is -0.0249. The van der Waals surface area contributed by atoms with E-state index in [9.17, 15) is 4.79 Å². The maximum atomic E-state index is 12.6. The molecule has 3 nitrogen and oxygen atoms in total. The number of nitrogens with one attached hydrogen (secondary N) is 1. The van der Waals surface area contributed by atoms with Crippen molar-refractivity contribution in [3.05, 3.63) is 35.4 Å². The van der Waals surface area contributed by atoms with Gasteiger partial charge in [-0.05, 0) is 36.3 Å². The van der Waals surface area contributed by atoms with Gasteiger partial charge in [-0.1, -0.05) is 37.6 Å². The zero-order chi connectivity index (χ0) is 13.9. The fraction of sp³-hybridized carbons (Fsp3) is 0.588. The van der Waals surface area contributed by atoms with Crippen molar-refractivity contribution in [3.63, 3.8) is 0 Å². The lowest BCUT2D eigenvalue weighted by Crippen LogP contribution is -2.51. The van der Waals surface area contributed by atoms with Gasteiger partial charge in [-0.3, -0.25) is 4.79 Å². The van der Waals surface area contributed by atoms with Gasteiger partial charge in [0.15, 0.2) is 0 Å². The number of hydrogen-bond acceptors (Lipinski definition) is 2. The van der Waals surface area contributed by atoms with Gasteiger partial charge >= 0.3 is 0 Å². The average Bonchev–Trinajstić information content (AvgIpc) is 2.54. The number of piperidine rings is 1. The summed E-state index contributed by atoms with van der Waals surface area (Å²) in [6.45, 7) is 4.95. The molecule has 0 bridgehead atoms. The van der Waals surface area contributed by atoms with Crippen LogP contribution in [-0.4, -0.2) is 29.9 Å². The van der Waals surface area contributed by atoms with Gasteiger partial charge in [0.2, 0.25) is 5.91 Å². The molecule has 3 rings (SSSR count). The zero-order valence-electron chi connectivity index (χ0n) is 12.7. The van der Waals surface area contributed by atoms with Crippen molar-refractivity contribution in [2.75, 3.05) is 13.1 Å². The van der Waals surface area contributed by atoms with Crippen molar-refractivity contribution in [2.45, 2.75) is 45.2 Å². The van der Waals surface area contributed by atoms with Crippen LogP contribution in [0.4, 0.5) is 0 Å². The summed E-state index contributed by atoms with van der Waals surface area (Å²) in [5.41, 5.74) is 2.66. The van der Waals surface area contributed by atoms with Crippen molar-refractivity contribution in [3.8, 4) is 0 Å². The molecule has 2 heterocycles. The van der Waals surface area contributed by atoms with Crippen LogP contribution in [0.3, 0.4) is 0 Å². The maximum Gasteiger partial charge on any atom is 0.240 e. The first-order valence-electron chi connectivity index (χ1n) is 7.87. The highest BCUT2D eigenvalue weighted by Gasteiger charge is 2.29. The SMILES string of the molecule is CCC1CCN(C(=O)C2Cc3ccccc3CN2)CC1.Cl. The second-order valence-electron chi connectivity index (χ2n) is 6.08. The van der Waals surface area contributed by atoms with Gasteiger partial charge < -0.3 is 10.2 Å². The van der Waals surface area contributed by atoms with Crippen LogP contribution in [0.5, 0.6) is 0 Å². The van der Waals surface area contributed by atoms with Crippen molar-refractivity contribution >= 4 is 18.3 Å². The number of amides is 1. The molecule has 1 aromatic rings. The van der Waals surface area contributed by atoms with E-state index >= 15 is 0 Å². The Kier molecular flexibility index (Phi) is 5.65. The summed E-state index contributed by atoms with van der Waals surface area (Å²) in [5.74, 6) is 1.12. The van der Waals surface area contributed by atoms with Crippen molar-refractivity contribution in [1.29, 1.82) is 0 Å². The molecule has 0 saturated carbocycles. The standard InChI is InChI=1S/C17H24N2O.ClH/c1-2-13-7-9-19(10-8-13)17(20)16-11-14-5-3-4-6-15(14)12-18-16;/h3-6,13,16,18H,2,7-12H2,1H3;1H. The molecule has 0 aliphatic carbocycles. The molecule has 2 aliphatic rings. The van der Waals surface area contributed by atoms with E-state index in [1.165, 1.54) is 30.4 Å². The van der Waals surface area contributed by atoms with Crippen LogP contribution in [0.15, 0.2) is 24.3 Å². The predicted molar refractivity (Wildman–Crippen MR) is 87.6 cm³/mol. The molecule has 0 aromatic heterocycles. The molecule has 0 spiro atoms. The molecule has 21 heavy (non-hydrogen) atoms.